The minimum atomic E-state index is -2.94. The number of carbonyl (C=O) groups is 2. The van der Waals surface area contributed by atoms with Crippen LogP contribution in [0, 0.1) is 0 Å². The lowest BCUT2D eigenvalue weighted by molar-refractivity contribution is -0.140. The number of nitrogens with zero attached hydrogens (tertiary/aromatic N) is 2. The molecule has 2 aliphatic heterocycles. The van der Waals surface area contributed by atoms with Crippen molar-refractivity contribution in [3.05, 3.63) is 11.1 Å². The summed E-state index contributed by atoms with van der Waals surface area (Å²) >= 11 is 0.914. The van der Waals surface area contributed by atoms with Crippen molar-refractivity contribution in [2.75, 3.05) is 13.1 Å². The zero-order valence-electron chi connectivity index (χ0n) is 13.1. The van der Waals surface area contributed by atoms with Crippen LogP contribution in [0.1, 0.15) is 27.2 Å². The summed E-state index contributed by atoms with van der Waals surface area (Å²) in [6, 6.07) is -0.628. The smallest absolute Gasteiger partial charge is 0.337 e. The first-order valence-corrected chi connectivity index (χ1v) is 8.12. The average molecular weight is 350 g/mol. The van der Waals surface area contributed by atoms with Gasteiger partial charge in [-0.15, -0.1) is 0 Å². The number of amides is 1. The third-order valence-electron chi connectivity index (χ3n) is 3.68. The van der Waals surface area contributed by atoms with E-state index in [1.165, 1.54) is 31.1 Å². The fraction of sp³-hybridized carbons (Fsp3) is 0.714. The molecule has 130 valence electrons. The molecule has 23 heavy (non-hydrogen) atoms. The van der Waals surface area contributed by atoms with E-state index >= 15 is 0 Å². The van der Waals surface area contributed by atoms with Crippen molar-refractivity contribution < 1.29 is 28.6 Å². The molecule has 2 unspecified atom stereocenters. The van der Waals surface area contributed by atoms with E-state index in [1.807, 2.05) is 0 Å². The van der Waals surface area contributed by atoms with Crippen LogP contribution in [0.2, 0.25) is 0 Å². The minimum absolute atomic E-state index is 0.0362. The maximum absolute atomic E-state index is 13.5. The number of rotatable bonds is 4. The van der Waals surface area contributed by atoms with E-state index in [9.17, 15) is 28.6 Å². The number of halogens is 2. The van der Waals surface area contributed by atoms with Crippen LogP contribution in [-0.4, -0.2) is 67.9 Å². The van der Waals surface area contributed by atoms with Gasteiger partial charge < -0.3 is 20.0 Å². The van der Waals surface area contributed by atoms with Gasteiger partial charge in [0.05, 0.1) is 12.1 Å². The molecule has 2 atom stereocenters. The maximum atomic E-state index is 13.5. The molecular weight excluding hydrogens is 330 g/mol. The van der Waals surface area contributed by atoms with Crippen molar-refractivity contribution in [3.8, 4) is 0 Å². The van der Waals surface area contributed by atoms with Crippen molar-refractivity contribution in [1.29, 1.82) is 0 Å². The Labute approximate surface area is 137 Å². The summed E-state index contributed by atoms with van der Waals surface area (Å²) in [6.07, 6.45) is -0.410. The van der Waals surface area contributed by atoms with Crippen LogP contribution < -0.4 is 0 Å². The summed E-state index contributed by atoms with van der Waals surface area (Å²) in [7, 11) is 0. The summed E-state index contributed by atoms with van der Waals surface area (Å²) in [5, 5.41) is 19.5. The first-order valence-electron chi connectivity index (χ1n) is 7.17. The predicted molar refractivity (Wildman–Crippen MR) is 80.8 cm³/mol. The molecule has 0 spiro atoms. The molecule has 1 amide bonds. The summed E-state index contributed by atoms with van der Waals surface area (Å²) in [6.45, 7) is 3.75. The second kappa shape index (κ2) is 5.94. The molecule has 1 fully saturated rings. The van der Waals surface area contributed by atoms with Gasteiger partial charge in [-0.1, -0.05) is 11.8 Å². The quantitative estimate of drug-likeness (QED) is 0.796. The summed E-state index contributed by atoms with van der Waals surface area (Å²) < 4.78 is 27.0. The molecule has 2 rings (SSSR count). The Bertz CT molecular complexity index is 547. The topological polar surface area (TPSA) is 81.1 Å². The highest BCUT2D eigenvalue weighted by molar-refractivity contribution is 8.03. The highest BCUT2D eigenvalue weighted by Crippen LogP contribution is 2.37. The van der Waals surface area contributed by atoms with Gasteiger partial charge >= 0.3 is 5.97 Å². The molecule has 0 aromatic heterocycles. The van der Waals surface area contributed by atoms with Gasteiger partial charge in [0.2, 0.25) is 0 Å². The van der Waals surface area contributed by atoms with Gasteiger partial charge in [0.15, 0.2) is 5.37 Å². The Morgan fingerprint density at radius 2 is 2.09 bits per heavy atom. The standard InChI is InChI=1S/C14H20F2N2O4S/c1-8-4-14(15,16)7-17(8)10(19)9-5-23-11(12(20)21)18(9)6-13(2,3)22/h5,8,11,22H,4,6-7H2,1-3H3,(H,20,21). The van der Waals surface area contributed by atoms with Crippen LogP contribution >= 0.6 is 11.8 Å². The van der Waals surface area contributed by atoms with Gasteiger partial charge in [0.25, 0.3) is 11.8 Å². The molecule has 6 nitrogen and oxygen atoms in total. The molecule has 2 N–H and O–H groups in total. The zero-order chi connectivity index (χ0) is 17.6. The van der Waals surface area contributed by atoms with Crippen LogP contribution in [0.15, 0.2) is 11.1 Å². The average Bonchev–Trinajstić information content (AvgIpc) is 2.87. The van der Waals surface area contributed by atoms with Crippen molar-refractivity contribution in [1.82, 2.24) is 9.80 Å². The summed E-state index contributed by atoms with van der Waals surface area (Å²) in [5.41, 5.74) is -1.20. The van der Waals surface area contributed by atoms with Crippen LogP contribution in [-0.2, 0) is 9.59 Å². The van der Waals surface area contributed by atoms with Gasteiger partial charge in [-0.2, -0.15) is 0 Å². The van der Waals surface area contributed by atoms with Gasteiger partial charge in [0.1, 0.15) is 5.70 Å². The highest BCUT2D eigenvalue weighted by atomic mass is 32.2. The Morgan fingerprint density at radius 3 is 2.52 bits per heavy atom. The number of carbonyl (C=O) groups excluding carboxylic acids is 1. The van der Waals surface area contributed by atoms with Crippen molar-refractivity contribution in [2.24, 2.45) is 0 Å². The van der Waals surface area contributed by atoms with E-state index in [0.29, 0.717) is 0 Å². The molecule has 0 aromatic rings. The lowest BCUT2D eigenvalue weighted by atomic mass is 10.1. The lowest BCUT2D eigenvalue weighted by Crippen LogP contribution is -2.48. The number of thioether (sulfide) groups is 1. The fourth-order valence-corrected chi connectivity index (χ4v) is 3.72. The van der Waals surface area contributed by atoms with Crippen LogP contribution in [0.4, 0.5) is 8.78 Å². The Balaban J connectivity index is 2.23. The zero-order valence-corrected chi connectivity index (χ0v) is 13.9. The normalized spacial score (nSPS) is 27.3. The number of carboxylic acid groups (broad SMARTS) is 1. The molecule has 2 aliphatic rings. The van der Waals surface area contributed by atoms with Gasteiger partial charge in [-0.05, 0) is 20.8 Å². The van der Waals surface area contributed by atoms with Gasteiger partial charge in [-0.3, -0.25) is 4.79 Å². The Hall–Kier alpha value is -1.35. The number of aliphatic hydroxyl groups is 1. The molecular formula is C14H20F2N2O4S. The molecule has 0 radical (unpaired) electrons. The molecule has 0 bridgehead atoms. The number of aliphatic carboxylic acids is 1. The van der Waals surface area contributed by atoms with E-state index < -0.39 is 47.8 Å². The predicted octanol–water partition coefficient (Wildman–Crippen LogP) is 1.31. The molecule has 2 heterocycles. The van der Waals surface area contributed by atoms with Crippen LogP contribution in [0.25, 0.3) is 0 Å². The van der Waals surface area contributed by atoms with E-state index in [2.05, 4.69) is 0 Å². The lowest BCUT2D eigenvalue weighted by Gasteiger charge is -2.33. The number of carboxylic acids is 1. The van der Waals surface area contributed by atoms with E-state index in [-0.39, 0.29) is 12.2 Å². The Morgan fingerprint density at radius 1 is 1.48 bits per heavy atom. The molecule has 0 aromatic carbocycles. The highest BCUT2D eigenvalue weighted by Gasteiger charge is 2.48. The summed E-state index contributed by atoms with van der Waals surface area (Å²) in [4.78, 5) is 26.3. The third kappa shape index (κ3) is 3.95. The SMILES string of the molecule is CC1CC(F)(F)CN1C(=O)C1=CSC(C(=O)O)N1CC(C)(C)O. The molecule has 9 heteroatoms. The number of hydrogen-bond donors (Lipinski definition) is 2. The minimum Gasteiger partial charge on any atom is -0.479 e. The monoisotopic (exact) mass is 350 g/mol. The second-order valence-corrected chi connectivity index (χ2v) is 7.57. The van der Waals surface area contributed by atoms with E-state index in [4.69, 9.17) is 0 Å². The largest absolute Gasteiger partial charge is 0.479 e. The van der Waals surface area contributed by atoms with Crippen molar-refractivity contribution in [3.63, 3.8) is 0 Å². The first kappa shape index (κ1) is 18.0. The first-order chi connectivity index (χ1) is 10.4. The molecule has 1 saturated heterocycles. The summed E-state index contributed by atoms with van der Waals surface area (Å²) in [5.74, 6) is -4.72. The number of alkyl halides is 2. The van der Waals surface area contributed by atoms with Crippen molar-refractivity contribution in [2.45, 2.75) is 50.1 Å². The fourth-order valence-electron chi connectivity index (χ4n) is 2.78. The number of hydrogen-bond acceptors (Lipinski definition) is 5. The number of likely N-dealkylation sites (tertiary alicyclic amines) is 1. The molecule has 0 aliphatic carbocycles. The number of β-amino-alcohol motifs (C(OH)–C–C–N with tert-alkyl or cyclic N) is 1. The van der Waals surface area contributed by atoms with Gasteiger partial charge in [-0.25, -0.2) is 13.6 Å². The third-order valence-corrected chi connectivity index (χ3v) is 4.75. The van der Waals surface area contributed by atoms with Gasteiger partial charge in [0, 0.05) is 24.4 Å². The molecule has 0 saturated carbocycles. The van der Waals surface area contributed by atoms with Crippen LogP contribution in [0.5, 0.6) is 0 Å². The Kier molecular flexibility index (Phi) is 4.64. The second-order valence-electron chi connectivity index (χ2n) is 6.61. The van der Waals surface area contributed by atoms with E-state index in [0.717, 1.165) is 16.7 Å². The van der Waals surface area contributed by atoms with Crippen molar-refractivity contribution >= 4 is 23.6 Å². The van der Waals surface area contributed by atoms with E-state index in [1.54, 1.807) is 0 Å². The maximum Gasteiger partial charge on any atom is 0.337 e. The van der Waals surface area contributed by atoms with Crippen LogP contribution in [0.3, 0.4) is 0 Å².